The van der Waals surface area contributed by atoms with Gasteiger partial charge in [-0.2, -0.15) is 13.2 Å². The zero-order valence-corrected chi connectivity index (χ0v) is 13.2. The van der Waals surface area contributed by atoms with Crippen molar-refractivity contribution in [2.45, 2.75) is 44.1 Å². The second-order valence-corrected chi connectivity index (χ2v) is 6.57. The quantitative estimate of drug-likeness (QED) is 0.606. The smallest absolute Gasteiger partial charge is 0.379 e. The van der Waals surface area contributed by atoms with Crippen molar-refractivity contribution in [2.75, 3.05) is 6.54 Å². The molecule has 2 heterocycles. The van der Waals surface area contributed by atoms with Crippen molar-refractivity contribution < 1.29 is 18.0 Å². The fraction of sp³-hybridized carbons (Fsp3) is 0.643. The minimum atomic E-state index is -4.49. The molecule has 23 heavy (non-hydrogen) atoms. The van der Waals surface area contributed by atoms with E-state index in [1.807, 2.05) is 5.32 Å². The average Bonchev–Trinajstić information content (AvgIpc) is 3.14. The zero-order chi connectivity index (χ0) is 16.8. The van der Waals surface area contributed by atoms with Crippen LogP contribution in [0.5, 0.6) is 0 Å². The van der Waals surface area contributed by atoms with Crippen molar-refractivity contribution in [3.05, 3.63) is 22.6 Å². The van der Waals surface area contributed by atoms with Crippen LogP contribution in [0.2, 0.25) is 0 Å². The van der Waals surface area contributed by atoms with Crippen LogP contribution in [0, 0.1) is 5.92 Å². The maximum absolute atomic E-state index is 12.6. The predicted molar refractivity (Wildman–Crippen MR) is 79.2 cm³/mol. The molecule has 128 valence electrons. The number of carbonyl (C=O) groups excluding carboxylic acids is 1. The monoisotopic (exact) mass is 350 g/mol. The highest BCUT2D eigenvalue weighted by molar-refractivity contribution is 6.32. The minimum absolute atomic E-state index is 0.155. The number of hydrogen-bond donors (Lipinski definition) is 4. The molecule has 1 amide bonds. The zero-order valence-electron chi connectivity index (χ0n) is 12.4. The molecule has 1 aliphatic carbocycles. The molecular formula is C14H18ClF3N4O. The number of carbonyl (C=O) groups is 1. The van der Waals surface area contributed by atoms with Crippen molar-refractivity contribution in [1.82, 2.24) is 21.3 Å². The third kappa shape index (κ3) is 3.52. The van der Waals surface area contributed by atoms with Gasteiger partial charge in [-0.05, 0) is 31.8 Å². The van der Waals surface area contributed by atoms with Gasteiger partial charge in [0, 0.05) is 12.6 Å². The summed E-state index contributed by atoms with van der Waals surface area (Å²) < 4.78 is 37.7. The van der Waals surface area contributed by atoms with E-state index < -0.39 is 24.2 Å². The molecule has 0 radical (unpaired) electrons. The lowest BCUT2D eigenvalue weighted by Gasteiger charge is -2.30. The first-order chi connectivity index (χ1) is 10.8. The molecule has 0 spiro atoms. The van der Waals surface area contributed by atoms with Crippen LogP contribution in [0.25, 0.3) is 0 Å². The Morgan fingerprint density at radius 1 is 1.43 bits per heavy atom. The Bertz CT molecular complexity index is 575. The molecule has 3 aliphatic rings. The largest absolute Gasteiger partial charge is 0.408 e. The van der Waals surface area contributed by atoms with Crippen molar-refractivity contribution in [1.29, 1.82) is 0 Å². The Labute approximate surface area is 136 Å². The van der Waals surface area contributed by atoms with Gasteiger partial charge in [-0.25, -0.2) is 0 Å². The highest BCUT2D eigenvalue weighted by Gasteiger charge is 2.41. The normalized spacial score (nSPS) is 31.0. The van der Waals surface area contributed by atoms with E-state index in [-0.39, 0.29) is 5.03 Å². The lowest BCUT2D eigenvalue weighted by molar-refractivity contribution is -0.158. The molecule has 0 bridgehead atoms. The number of fused-ring (bicyclic) bond motifs is 1. The molecule has 2 aliphatic heterocycles. The first-order valence-electron chi connectivity index (χ1n) is 7.51. The Kier molecular flexibility index (Phi) is 4.12. The Morgan fingerprint density at radius 2 is 2.17 bits per heavy atom. The minimum Gasteiger partial charge on any atom is -0.379 e. The van der Waals surface area contributed by atoms with Gasteiger partial charge in [0.2, 0.25) is 5.91 Å². The molecule has 5 nitrogen and oxygen atoms in total. The third-order valence-corrected chi connectivity index (χ3v) is 4.64. The Balaban J connectivity index is 1.70. The highest BCUT2D eigenvalue weighted by Crippen LogP contribution is 2.36. The molecule has 1 saturated carbocycles. The molecule has 0 aromatic heterocycles. The summed E-state index contributed by atoms with van der Waals surface area (Å²) in [5, 5.41) is 11.5. The van der Waals surface area contributed by atoms with E-state index in [0.717, 1.165) is 32.0 Å². The number of amides is 1. The van der Waals surface area contributed by atoms with Crippen LogP contribution in [-0.4, -0.2) is 36.8 Å². The van der Waals surface area contributed by atoms with E-state index in [2.05, 4.69) is 16.0 Å². The topological polar surface area (TPSA) is 65.2 Å². The summed E-state index contributed by atoms with van der Waals surface area (Å²) in [7, 11) is 0. The summed E-state index contributed by atoms with van der Waals surface area (Å²) in [6.07, 6.45) is -0.790. The molecule has 1 fully saturated rings. The first kappa shape index (κ1) is 16.3. The van der Waals surface area contributed by atoms with E-state index in [4.69, 9.17) is 11.6 Å². The van der Waals surface area contributed by atoms with E-state index in [1.54, 1.807) is 6.08 Å². The number of hydrogen-bond acceptors (Lipinski definition) is 4. The van der Waals surface area contributed by atoms with Gasteiger partial charge < -0.3 is 21.3 Å². The molecule has 4 N–H and O–H groups in total. The summed E-state index contributed by atoms with van der Waals surface area (Å²) in [4.78, 5) is 12.1. The lowest BCUT2D eigenvalue weighted by atomic mass is 10.1. The van der Waals surface area contributed by atoms with E-state index in [1.165, 1.54) is 0 Å². The molecule has 9 heteroatoms. The summed E-state index contributed by atoms with van der Waals surface area (Å²) in [6, 6.07) is -2.57. The molecule has 3 rings (SSSR count). The number of nitrogens with one attached hydrogen (secondary N) is 4. The van der Waals surface area contributed by atoms with Crippen LogP contribution >= 0.6 is 11.6 Å². The van der Waals surface area contributed by atoms with Crippen molar-refractivity contribution in [2.24, 2.45) is 5.92 Å². The van der Waals surface area contributed by atoms with Gasteiger partial charge >= 0.3 is 6.18 Å². The number of halogens is 4. The SMILES string of the molecule is C[C@@H](NC(=O)C1NC2=C(C=C1Cl)NC1CC1CCN2)C(F)(F)F. The van der Waals surface area contributed by atoms with Gasteiger partial charge in [0.25, 0.3) is 0 Å². The van der Waals surface area contributed by atoms with Crippen LogP contribution in [0.15, 0.2) is 22.6 Å². The number of rotatable bonds is 2. The highest BCUT2D eigenvalue weighted by atomic mass is 35.5. The summed E-state index contributed by atoms with van der Waals surface area (Å²) in [5.41, 5.74) is 0.745. The van der Waals surface area contributed by atoms with Gasteiger partial charge in [0.15, 0.2) is 0 Å². The predicted octanol–water partition coefficient (Wildman–Crippen LogP) is 1.29. The molecule has 0 aromatic rings. The van der Waals surface area contributed by atoms with Gasteiger partial charge in [-0.3, -0.25) is 4.79 Å². The summed E-state index contributed by atoms with van der Waals surface area (Å²) in [5.74, 6) is 0.424. The Hall–Kier alpha value is -1.57. The first-order valence-corrected chi connectivity index (χ1v) is 7.89. The molecule has 0 aromatic carbocycles. The molecule has 4 atom stereocenters. The molecular weight excluding hydrogens is 333 g/mol. The number of dihydropyridines is 1. The second kappa shape index (κ2) is 5.81. The van der Waals surface area contributed by atoms with Crippen LogP contribution in [0.1, 0.15) is 19.8 Å². The van der Waals surface area contributed by atoms with Gasteiger partial charge in [0.1, 0.15) is 17.9 Å². The number of allylic oxidation sites excluding steroid dienone is 1. The van der Waals surface area contributed by atoms with Crippen LogP contribution in [0.4, 0.5) is 13.2 Å². The van der Waals surface area contributed by atoms with Gasteiger partial charge in [0.05, 0.1) is 10.7 Å². The average molecular weight is 351 g/mol. The van der Waals surface area contributed by atoms with E-state index in [0.29, 0.717) is 17.8 Å². The maximum Gasteiger partial charge on any atom is 0.408 e. The van der Waals surface area contributed by atoms with Crippen molar-refractivity contribution >= 4 is 17.5 Å². The maximum atomic E-state index is 12.6. The van der Waals surface area contributed by atoms with Crippen LogP contribution < -0.4 is 21.3 Å². The molecule has 3 unspecified atom stereocenters. The lowest BCUT2D eigenvalue weighted by Crippen LogP contribution is -2.54. The van der Waals surface area contributed by atoms with E-state index in [9.17, 15) is 18.0 Å². The van der Waals surface area contributed by atoms with Crippen molar-refractivity contribution in [3.63, 3.8) is 0 Å². The van der Waals surface area contributed by atoms with E-state index >= 15 is 0 Å². The fourth-order valence-electron chi connectivity index (χ4n) is 2.74. The van der Waals surface area contributed by atoms with Crippen molar-refractivity contribution in [3.8, 4) is 0 Å². The summed E-state index contributed by atoms with van der Waals surface area (Å²) >= 11 is 6.11. The van der Waals surface area contributed by atoms with Crippen LogP contribution in [-0.2, 0) is 4.79 Å². The van der Waals surface area contributed by atoms with Gasteiger partial charge in [-0.1, -0.05) is 11.6 Å². The Morgan fingerprint density at radius 3 is 2.87 bits per heavy atom. The fourth-order valence-corrected chi connectivity index (χ4v) is 3.00. The standard InChI is InChI=1S/C14H18ClF3N4O/c1-6(14(16,17)18)20-13(23)11-8(15)5-10-12(22-11)19-3-2-7-4-9(7)21-10/h5-7,9,11,19,21-22H,2-4H2,1H3,(H,20,23)/t6-,7?,9?,11?/m1/s1. The number of alkyl halides is 3. The molecule has 0 saturated heterocycles. The third-order valence-electron chi connectivity index (χ3n) is 4.31. The van der Waals surface area contributed by atoms with Gasteiger partial charge in [-0.15, -0.1) is 0 Å². The van der Waals surface area contributed by atoms with Crippen LogP contribution in [0.3, 0.4) is 0 Å². The summed E-state index contributed by atoms with van der Waals surface area (Å²) in [6.45, 7) is 1.64. The second-order valence-electron chi connectivity index (χ2n) is 6.13.